The number of rotatable bonds is 8. The van der Waals surface area contributed by atoms with Gasteiger partial charge in [0, 0.05) is 20.8 Å². The van der Waals surface area contributed by atoms with Gasteiger partial charge in [-0.3, -0.25) is 0 Å². The maximum Gasteiger partial charge on any atom is 0.175 e. The molecule has 1 aliphatic carbocycles. The van der Waals surface area contributed by atoms with Gasteiger partial charge in [-0.25, -0.2) is 0 Å². The Hall–Kier alpha value is -0.160. The third-order valence-electron chi connectivity index (χ3n) is 3.63. The molecular formula is C12H26N2O2. The highest BCUT2D eigenvalue weighted by atomic mass is 16.7. The third-order valence-corrected chi connectivity index (χ3v) is 3.63. The van der Waals surface area contributed by atoms with Gasteiger partial charge in [-0.15, -0.1) is 0 Å². The molecule has 3 N–H and O–H groups in total. The van der Waals surface area contributed by atoms with Gasteiger partial charge in [0.1, 0.15) is 0 Å². The van der Waals surface area contributed by atoms with Crippen molar-refractivity contribution in [3.8, 4) is 0 Å². The van der Waals surface area contributed by atoms with Gasteiger partial charge in [-0.05, 0) is 38.1 Å². The van der Waals surface area contributed by atoms with Gasteiger partial charge >= 0.3 is 0 Å². The van der Waals surface area contributed by atoms with E-state index in [4.69, 9.17) is 15.2 Å². The van der Waals surface area contributed by atoms with Crippen LogP contribution in [-0.2, 0) is 9.47 Å². The van der Waals surface area contributed by atoms with Gasteiger partial charge in [0.25, 0.3) is 0 Å². The van der Waals surface area contributed by atoms with Gasteiger partial charge in [-0.2, -0.15) is 0 Å². The van der Waals surface area contributed by atoms with Crippen LogP contribution < -0.4 is 11.1 Å². The fourth-order valence-corrected chi connectivity index (χ4v) is 2.09. The van der Waals surface area contributed by atoms with Crippen LogP contribution in [0.1, 0.15) is 26.7 Å². The SMILES string of the molecule is COC(OC)C(C)(CN)NCC(C)C1CC1. The number of hydrogen-bond donors (Lipinski definition) is 2. The molecule has 0 spiro atoms. The van der Waals surface area contributed by atoms with E-state index in [2.05, 4.69) is 12.2 Å². The molecule has 96 valence electrons. The Labute approximate surface area is 98.9 Å². The molecule has 0 radical (unpaired) electrons. The van der Waals surface area contributed by atoms with E-state index in [9.17, 15) is 0 Å². The van der Waals surface area contributed by atoms with Crippen LogP contribution in [0, 0.1) is 11.8 Å². The van der Waals surface area contributed by atoms with E-state index in [1.165, 1.54) is 12.8 Å². The molecule has 0 bridgehead atoms. The molecule has 1 rings (SSSR count). The van der Waals surface area contributed by atoms with Crippen LogP contribution in [-0.4, -0.2) is 39.1 Å². The van der Waals surface area contributed by atoms with Crippen LogP contribution in [0.2, 0.25) is 0 Å². The van der Waals surface area contributed by atoms with Crippen molar-refractivity contribution in [1.82, 2.24) is 5.32 Å². The predicted octanol–water partition coefficient (Wildman–Crippen LogP) is 0.958. The maximum absolute atomic E-state index is 5.81. The summed E-state index contributed by atoms with van der Waals surface area (Å²) in [5.41, 5.74) is 5.50. The lowest BCUT2D eigenvalue weighted by molar-refractivity contribution is -0.149. The normalized spacial score (nSPS) is 22.1. The summed E-state index contributed by atoms with van der Waals surface area (Å²) in [5, 5.41) is 3.49. The van der Waals surface area contributed by atoms with E-state index in [1.54, 1.807) is 14.2 Å². The first-order chi connectivity index (χ1) is 7.57. The summed E-state index contributed by atoms with van der Waals surface area (Å²) in [6.07, 6.45) is 2.45. The summed E-state index contributed by atoms with van der Waals surface area (Å²) in [4.78, 5) is 0. The Morgan fingerprint density at radius 1 is 1.38 bits per heavy atom. The van der Waals surface area contributed by atoms with E-state index in [0.29, 0.717) is 12.5 Å². The Bertz CT molecular complexity index is 205. The molecule has 16 heavy (non-hydrogen) atoms. The lowest BCUT2D eigenvalue weighted by atomic mass is 9.99. The average molecular weight is 230 g/mol. The average Bonchev–Trinajstić information content (AvgIpc) is 3.11. The molecule has 0 aromatic heterocycles. The number of ether oxygens (including phenoxy) is 2. The quantitative estimate of drug-likeness (QED) is 0.610. The Kier molecular flexibility index (Phi) is 5.18. The Morgan fingerprint density at radius 2 is 1.94 bits per heavy atom. The monoisotopic (exact) mass is 230 g/mol. The molecule has 4 heteroatoms. The minimum absolute atomic E-state index is 0.302. The minimum atomic E-state index is -0.313. The second kappa shape index (κ2) is 5.96. The van der Waals surface area contributed by atoms with Crippen molar-refractivity contribution in [2.24, 2.45) is 17.6 Å². The van der Waals surface area contributed by atoms with Gasteiger partial charge in [-0.1, -0.05) is 6.92 Å². The van der Waals surface area contributed by atoms with Gasteiger partial charge in [0.05, 0.1) is 5.54 Å². The van der Waals surface area contributed by atoms with E-state index >= 15 is 0 Å². The van der Waals surface area contributed by atoms with E-state index < -0.39 is 0 Å². The molecular weight excluding hydrogens is 204 g/mol. The van der Waals surface area contributed by atoms with Crippen molar-refractivity contribution in [2.75, 3.05) is 27.3 Å². The van der Waals surface area contributed by atoms with Crippen molar-refractivity contribution in [2.45, 2.75) is 38.5 Å². The first-order valence-corrected chi connectivity index (χ1v) is 6.08. The highest BCUT2D eigenvalue weighted by molar-refractivity contribution is 4.90. The fraction of sp³-hybridized carbons (Fsp3) is 1.00. The van der Waals surface area contributed by atoms with Crippen LogP contribution in [0.25, 0.3) is 0 Å². The van der Waals surface area contributed by atoms with Crippen molar-refractivity contribution in [3.05, 3.63) is 0 Å². The largest absolute Gasteiger partial charge is 0.354 e. The fourth-order valence-electron chi connectivity index (χ4n) is 2.09. The molecule has 2 atom stereocenters. The second-order valence-corrected chi connectivity index (χ2v) is 5.12. The zero-order valence-corrected chi connectivity index (χ0v) is 11.0. The molecule has 0 heterocycles. The van der Waals surface area contributed by atoms with Crippen LogP contribution in [0.5, 0.6) is 0 Å². The van der Waals surface area contributed by atoms with E-state index in [1.807, 2.05) is 6.92 Å². The van der Waals surface area contributed by atoms with Crippen molar-refractivity contribution in [3.63, 3.8) is 0 Å². The van der Waals surface area contributed by atoms with Crippen LogP contribution in [0.15, 0.2) is 0 Å². The van der Waals surface area contributed by atoms with Crippen molar-refractivity contribution >= 4 is 0 Å². The molecule has 1 fully saturated rings. The zero-order chi connectivity index (χ0) is 12.2. The number of nitrogens with two attached hydrogens (primary N) is 1. The second-order valence-electron chi connectivity index (χ2n) is 5.12. The summed E-state index contributed by atoms with van der Waals surface area (Å²) in [6.45, 7) is 5.80. The van der Waals surface area contributed by atoms with Gasteiger partial charge in [0.15, 0.2) is 6.29 Å². The summed E-state index contributed by atoms with van der Waals surface area (Å²) in [6, 6.07) is 0. The summed E-state index contributed by atoms with van der Waals surface area (Å²) >= 11 is 0. The zero-order valence-electron chi connectivity index (χ0n) is 11.0. The molecule has 4 nitrogen and oxygen atoms in total. The van der Waals surface area contributed by atoms with Crippen LogP contribution in [0.3, 0.4) is 0 Å². The number of methoxy groups -OCH3 is 2. The predicted molar refractivity (Wildman–Crippen MR) is 65.2 cm³/mol. The molecule has 0 aromatic carbocycles. The minimum Gasteiger partial charge on any atom is -0.354 e. The molecule has 0 amide bonds. The Morgan fingerprint density at radius 3 is 2.31 bits per heavy atom. The van der Waals surface area contributed by atoms with Crippen LogP contribution in [0.4, 0.5) is 0 Å². The lowest BCUT2D eigenvalue weighted by Gasteiger charge is -2.36. The third kappa shape index (κ3) is 3.42. The molecule has 2 unspecified atom stereocenters. The van der Waals surface area contributed by atoms with Crippen molar-refractivity contribution in [1.29, 1.82) is 0 Å². The maximum atomic E-state index is 5.81. The van der Waals surface area contributed by atoms with Crippen molar-refractivity contribution < 1.29 is 9.47 Å². The standard InChI is InChI=1S/C12H26N2O2/c1-9(10-5-6-10)7-14-12(2,8-13)11(15-3)16-4/h9-11,14H,5-8,13H2,1-4H3. The molecule has 0 aliphatic heterocycles. The summed E-state index contributed by atoms with van der Waals surface area (Å²) in [5.74, 6) is 1.61. The molecule has 0 aromatic rings. The van der Waals surface area contributed by atoms with E-state index in [-0.39, 0.29) is 11.8 Å². The highest BCUT2D eigenvalue weighted by Gasteiger charge is 2.35. The summed E-state index contributed by atoms with van der Waals surface area (Å²) < 4.78 is 10.6. The molecule has 0 saturated heterocycles. The molecule has 1 saturated carbocycles. The Balaban J connectivity index is 2.43. The smallest absolute Gasteiger partial charge is 0.175 e. The van der Waals surface area contributed by atoms with Gasteiger partial charge in [0.2, 0.25) is 0 Å². The number of hydrogen-bond acceptors (Lipinski definition) is 4. The first-order valence-electron chi connectivity index (χ1n) is 6.08. The summed E-state index contributed by atoms with van der Waals surface area (Å²) in [7, 11) is 3.29. The number of nitrogens with one attached hydrogen (secondary N) is 1. The topological polar surface area (TPSA) is 56.5 Å². The highest BCUT2D eigenvalue weighted by Crippen LogP contribution is 2.36. The molecule has 1 aliphatic rings. The lowest BCUT2D eigenvalue weighted by Crippen LogP contribution is -2.59. The first kappa shape index (κ1) is 13.9. The van der Waals surface area contributed by atoms with Gasteiger partial charge < -0.3 is 20.5 Å². The van der Waals surface area contributed by atoms with E-state index in [0.717, 1.165) is 12.5 Å². The van der Waals surface area contributed by atoms with Crippen LogP contribution >= 0.6 is 0 Å².